The minimum absolute atomic E-state index is 0.486. The molecule has 104 valence electrons. The maximum absolute atomic E-state index is 2.44. The van der Waals surface area contributed by atoms with E-state index in [0.29, 0.717) is 6.04 Å². The van der Waals surface area contributed by atoms with E-state index in [1.165, 1.54) is 34.4 Å². The molecule has 1 unspecified atom stereocenters. The standard InChI is InChI=1S/C17H26N2/c1-7-8-19-15(5)11-16(18(19)6)17-13(3)9-12(2)10-14(17)4/h9-11,15H,7-8H2,1-6H3. The predicted octanol–water partition coefficient (Wildman–Crippen LogP) is 3.91. The second-order valence-corrected chi connectivity index (χ2v) is 5.75. The first-order valence-electron chi connectivity index (χ1n) is 7.26. The summed E-state index contributed by atoms with van der Waals surface area (Å²) in [4.78, 5) is 0. The highest BCUT2D eigenvalue weighted by molar-refractivity contribution is 5.71. The molecule has 0 spiro atoms. The highest BCUT2D eigenvalue weighted by atomic mass is 15.6. The van der Waals surface area contributed by atoms with E-state index in [9.17, 15) is 0 Å². The molecule has 0 fully saturated rings. The highest BCUT2D eigenvalue weighted by Crippen LogP contribution is 2.33. The number of benzene rings is 1. The predicted molar refractivity (Wildman–Crippen MR) is 82.9 cm³/mol. The fraction of sp³-hybridized carbons (Fsp3) is 0.529. The molecule has 0 amide bonds. The minimum atomic E-state index is 0.486. The Morgan fingerprint density at radius 2 is 1.68 bits per heavy atom. The number of aryl methyl sites for hydroxylation is 3. The van der Waals surface area contributed by atoms with Gasteiger partial charge in [-0.3, -0.25) is 0 Å². The summed E-state index contributed by atoms with van der Waals surface area (Å²) >= 11 is 0. The highest BCUT2D eigenvalue weighted by Gasteiger charge is 2.28. The van der Waals surface area contributed by atoms with Gasteiger partial charge in [0, 0.05) is 25.2 Å². The summed E-state index contributed by atoms with van der Waals surface area (Å²) in [5.74, 6) is 0. The molecule has 0 aromatic heterocycles. The summed E-state index contributed by atoms with van der Waals surface area (Å²) < 4.78 is 0. The third-order valence-electron chi connectivity index (χ3n) is 3.99. The van der Waals surface area contributed by atoms with Gasteiger partial charge in [0.25, 0.3) is 0 Å². The monoisotopic (exact) mass is 258 g/mol. The summed E-state index contributed by atoms with van der Waals surface area (Å²) in [6.07, 6.45) is 3.57. The summed E-state index contributed by atoms with van der Waals surface area (Å²) in [6.45, 7) is 12.2. The average Bonchev–Trinajstić information content (AvgIpc) is 2.56. The van der Waals surface area contributed by atoms with E-state index in [2.05, 4.69) is 69.9 Å². The van der Waals surface area contributed by atoms with Crippen LogP contribution in [0, 0.1) is 20.8 Å². The van der Waals surface area contributed by atoms with Crippen molar-refractivity contribution in [1.82, 2.24) is 10.0 Å². The van der Waals surface area contributed by atoms with Crippen molar-refractivity contribution in [2.45, 2.75) is 47.1 Å². The number of nitrogens with zero attached hydrogens (tertiary/aromatic N) is 2. The van der Waals surface area contributed by atoms with Gasteiger partial charge in [-0.2, -0.15) is 0 Å². The molecule has 2 rings (SSSR count). The van der Waals surface area contributed by atoms with Crippen LogP contribution in [0.3, 0.4) is 0 Å². The van der Waals surface area contributed by atoms with E-state index in [4.69, 9.17) is 0 Å². The van der Waals surface area contributed by atoms with Crippen LogP contribution in [0.2, 0.25) is 0 Å². The molecule has 0 aliphatic carbocycles. The van der Waals surface area contributed by atoms with Crippen LogP contribution in [0.1, 0.15) is 42.5 Å². The molecular weight excluding hydrogens is 232 g/mol. The Bertz CT molecular complexity index is 479. The fourth-order valence-corrected chi connectivity index (χ4v) is 3.25. The first-order chi connectivity index (χ1) is 8.95. The van der Waals surface area contributed by atoms with E-state index < -0.39 is 0 Å². The molecule has 0 bridgehead atoms. The second kappa shape index (κ2) is 5.38. The molecule has 1 atom stereocenters. The topological polar surface area (TPSA) is 6.48 Å². The van der Waals surface area contributed by atoms with Gasteiger partial charge >= 0.3 is 0 Å². The summed E-state index contributed by atoms with van der Waals surface area (Å²) in [5, 5.41) is 4.77. The van der Waals surface area contributed by atoms with Crippen LogP contribution in [-0.4, -0.2) is 29.7 Å². The Kier molecular flexibility index (Phi) is 4.00. The van der Waals surface area contributed by atoms with Gasteiger partial charge in [0.05, 0.1) is 5.70 Å². The molecule has 1 aromatic carbocycles. The normalized spacial score (nSPS) is 20.0. The molecule has 0 saturated carbocycles. The zero-order chi connectivity index (χ0) is 14.2. The van der Waals surface area contributed by atoms with Gasteiger partial charge in [-0.25, -0.2) is 5.01 Å². The Hall–Kier alpha value is -1.28. The summed E-state index contributed by atoms with van der Waals surface area (Å²) in [5.41, 5.74) is 6.86. The van der Waals surface area contributed by atoms with Gasteiger partial charge in [-0.1, -0.05) is 24.6 Å². The van der Waals surface area contributed by atoms with Crippen LogP contribution in [-0.2, 0) is 0 Å². The molecule has 0 radical (unpaired) electrons. The lowest BCUT2D eigenvalue weighted by Crippen LogP contribution is -2.39. The maximum atomic E-state index is 2.44. The van der Waals surface area contributed by atoms with Crippen LogP contribution in [0.5, 0.6) is 0 Å². The average molecular weight is 258 g/mol. The molecule has 1 aliphatic heterocycles. The number of hydrogen-bond donors (Lipinski definition) is 0. The van der Waals surface area contributed by atoms with E-state index in [-0.39, 0.29) is 0 Å². The van der Waals surface area contributed by atoms with Crippen molar-refractivity contribution in [3.05, 3.63) is 40.5 Å². The SMILES string of the molecule is CCCN1C(C)C=C(c2c(C)cc(C)cc2C)N1C. The largest absolute Gasteiger partial charge is 0.308 e. The first kappa shape index (κ1) is 14.1. The number of rotatable bonds is 3. The van der Waals surface area contributed by atoms with Gasteiger partial charge < -0.3 is 5.01 Å². The van der Waals surface area contributed by atoms with E-state index in [1.54, 1.807) is 0 Å². The molecular formula is C17H26N2. The van der Waals surface area contributed by atoms with Crippen molar-refractivity contribution >= 4 is 5.70 Å². The van der Waals surface area contributed by atoms with Gasteiger partial charge in [-0.05, 0) is 51.3 Å². The summed E-state index contributed by atoms with van der Waals surface area (Å²) in [6, 6.07) is 5.05. The fourth-order valence-electron chi connectivity index (χ4n) is 3.25. The van der Waals surface area contributed by atoms with Crippen molar-refractivity contribution in [3.8, 4) is 0 Å². The molecule has 2 heteroatoms. The van der Waals surface area contributed by atoms with Crippen molar-refractivity contribution in [2.75, 3.05) is 13.6 Å². The molecule has 0 N–H and O–H groups in total. The van der Waals surface area contributed by atoms with Crippen molar-refractivity contribution in [2.24, 2.45) is 0 Å². The zero-order valence-electron chi connectivity index (χ0n) is 13.1. The number of hydrogen-bond acceptors (Lipinski definition) is 2. The van der Waals surface area contributed by atoms with E-state index in [1.807, 2.05) is 0 Å². The van der Waals surface area contributed by atoms with Crippen molar-refractivity contribution < 1.29 is 0 Å². The van der Waals surface area contributed by atoms with Crippen molar-refractivity contribution in [1.29, 1.82) is 0 Å². The quantitative estimate of drug-likeness (QED) is 0.811. The van der Waals surface area contributed by atoms with Gasteiger partial charge in [0.15, 0.2) is 0 Å². The Morgan fingerprint density at radius 1 is 1.11 bits per heavy atom. The zero-order valence-corrected chi connectivity index (χ0v) is 13.1. The lowest BCUT2D eigenvalue weighted by molar-refractivity contribution is 0.0552. The number of hydrazine groups is 1. The molecule has 0 saturated heterocycles. The molecule has 2 nitrogen and oxygen atoms in total. The molecule has 19 heavy (non-hydrogen) atoms. The van der Waals surface area contributed by atoms with E-state index in [0.717, 1.165) is 6.54 Å². The molecule has 1 aromatic rings. The lowest BCUT2D eigenvalue weighted by Gasteiger charge is -2.32. The summed E-state index contributed by atoms with van der Waals surface area (Å²) in [7, 11) is 2.18. The van der Waals surface area contributed by atoms with Crippen LogP contribution in [0.25, 0.3) is 5.70 Å². The first-order valence-corrected chi connectivity index (χ1v) is 7.26. The van der Waals surface area contributed by atoms with Crippen LogP contribution in [0.15, 0.2) is 18.2 Å². The van der Waals surface area contributed by atoms with Gasteiger partial charge in [-0.15, -0.1) is 0 Å². The third-order valence-corrected chi connectivity index (χ3v) is 3.99. The lowest BCUT2D eigenvalue weighted by atomic mass is 9.97. The Labute approximate surface area is 117 Å². The van der Waals surface area contributed by atoms with Crippen LogP contribution >= 0.6 is 0 Å². The smallest absolute Gasteiger partial charge is 0.0573 e. The van der Waals surface area contributed by atoms with Gasteiger partial charge in [0.2, 0.25) is 0 Å². The van der Waals surface area contributed by atoms with Crippen molar-refractivity contribution in [3.63, 3.8) is 0 Å². The minimum Gasteiger partial charge on any atom is -0.308 e. The van der Waals surface area contributed by atoms with Crippen LogP contribution in [0.4, 0.5) is 0 Å². The maximum Gasteiger partial charge on any atom is 0.0573 e. The third kappa shape index (κ3) is 2.55. The van der Waals surface area contributed by atoms with E-state index >= 15 is 0 Å². The Morgan fingerprint density at radius 3 is 2.21 bits per heavy atom. The molecule has 1 aliphatic rings. The van der Waals surface area contributed by atoms with Gasteiger partial charge in [0.1, 0.15) is 0 Å². The molecule has 1 heterocycles. The Balaban J connectivity index is 2.41. The second-order valence-electron chi connectivity index (χ2n) is 5.75. The van der Waals surface area contributed by atoms with Crippen LogP contribution < -0.4 is 0 Å².